The van der Waals surface area contributed by atoms with Gasteiger partial charge in [-0.2, -0.15) is 0 Å². The van der Waals surface area contributed by atoms with Gasteiger partial charge in [0, 0.05) is 0 Å². The average molecular weight is 321 g/mol. The SMILES string of the molecule is Cc1ccc(OC(C)CNc2nnc(Cl)cc2C(N)=O)cc1. The van der Waals surface area contributed by atoms with Gasteiger partial charge in [0.15, 0.2) is 11.0 Å². The summed E-state index contributed by atoms with van der Waals surface area (Å²) in [6.45, 7) is 4.35. The predicted octanol–water partition coefficient (Wildman–Crippen LogP) is 2.42. The molecule has 3 N–H and O–H groups in total. The summed E-state index contributed by atoms with van der Waals surface area (Å²) >= 11 is 5.71. The van der Waals surface area contributed by atoms with E-state index < -0.39 is 5.91 Å². The fourth-order valence-electron chi connectivity index (χ4n) is 1.82. The van der Waals surface area contributed by atoms with Gasteiger partial charge >= 0.3 is 0 Å². The van der Waals surface area contributed by atoms with Crippen LogP contribution in [0.3, 0.4) is 0 Å². The molecule has 1 atom stereocenters. The second-order valence-electron chi connectivity index (χ2n) is 4.92. The van der Waals surface area contributed by atoms with E-state index in [4.69, 9.17) is 22.1 Å². The smallest absolute Gasteiger partial charge is 0.252 e. The number of nitrogens with two attached hydrogens (primary N) is 1. The van der Waals surface area contributed by atoms with E-state index in [0.29, 0.717) is 6.54 Å². The van der Waals surface area contributed by atoms with Gasteiger partial charge in [-0.25, -0.2) is 0 Å². The van der Waals surface area contributed by atoms with Crippen molar-refractivity contribution in [3.63, 3.8) is 0 Å². The van der Waals surface area contributed by atoms with Crippen LogP contribution in [0.2, 0.25) is 5.15 Å². The molecule has 6 nitrogen and oxygen atoms in total. The van der Waals surface area contributed by atoms with Crippen LogP contribution in [-0.4, -0.2) is 28.8 Å². The summed E-state index contributed by atoms with van der Waals surface area (Å²) in [7, 11) is 0. The van der Waals surface area contributed by atoms with E-state index in [2.05, 4.69) is 15.5 Å². The Hall–Kier alpha value is -2.34. The normalized spacial score (nSPS) is 11.8. The Balaban J connectivity index is 1.97. The molecule has 0 aliphatic heterocycles. The molecule has 1 aromatic heterocycles. The highest BCUT2D eigenvalue weighted by Gasteiger charge is 2.13. The number of halogens is 1. The summed E-state index contributed by atoms with van der Waals surface area (Å²) in [6, 6.07) is 9.15. The van der Waals surface area contributed by atoms with Crippen molar-refractivity contribution in [2.75, 3.05) is 11.9 Å². The molecule has 1 aromatic carbocycles. The Bertz CT molecular complexity index is 661. The fraction of sp³-hybridized carbons (Fsp3) is 0.267. The van der Waals surface area contributed by atoms with Crippen LogP contribution in [0.4, 0.5) is 5.82 Å². The zero-order valence-corrected chi connectivity index (χ0v) is 13.1. The van der Waals surface area contributed by atoms with Crippen LogP contribution in [0.5, 0.6) is 5.75 Å². The van der Waals surface area contributed by atoms with Crippen molar-refractivity contribution in [1.29, 1.82) is 0 Å². The van der Waals surface area contributed by atoms with Crippen LogP contribution < -0.4 is 15.8 Å². The number of benzene rings is 1. The lowest BCUT2D eigenvalue weighted by Gasteiger charge is -2.16. The molecule has 1 unspecified atom stereocenters. The number of hydrogen-bond donors (Lipinski definition) is 2. The van der Waals surface area contributed by atoms with Gasteiger partial charge in [-0.15, -0.1) is 10.2 Å². The molecule has 0 fully saturated rings. The van der Waals surface area contributed by atoms with Crippen LogP contribution in [0.1, 0.15) is 22.8 Å². The first-order valence-corrected chi connectivity index (χ1v) is 7.13. The lowest BCUT2D eigenvalue weighted by Crippen LogP contribution is -2.25. The molecule has 22 heavy (non-hydrogen) atoms. The van der Waals surface area contributed by atoms with Crippen molar-refractivity contribution in [2.24, 2.45) is 5.73 Å². The second kappa shape index (κ2) is 7.09. The molecule has 0 saturated heterocycles. The van der Waals surface area contributed by atoms with Crippen LogP contribution >= 0.6 is 11.6 Å². The minimum absolute atomic E-state index is 0.114. The van der Waals surface area contributed by atoms with Gasteiger partial charge in [0.2, 0.25) is 0 Å². The van der Waals surface area contributed by atoms with E-state index in [1.165, 1.54) is 11.6 Å². The summed E-state index contributed by atoms with van der Waals surface area (Å²) in [4.78, 5) is 11.4. The van der Waals surface area contributed by atoms with Crippen molar-refractivity contribution in [2.45, 2.75) is 20.0 Å². The van der Waals surface area contributed by atoms with Crippen LogP contribution in [0.15, 0.2) is 30.3 Å². The Morgan fingerprint density at radius 3 is 2.68 bits per heavy atom. The third kappa shape index (κ3) is 4.33. The van der Waals surface area contributed by atoms with Crippen LogP contribution in [0.25, 0.3) is 0 Å². The van der Waals surface area contributed by atoms with Crippen molar-refractivity contribution in [3.05, 3.63) is 46.6 Å². The molecule has 0 radical (unpaired) electrons. The topological polar surface area (TPSA) is 90.1 Å². The number of carbonyl (C=O) groups excluding carboxylic acids is 1. The molecular formula is C15H17ClN4O2. The van der Waals surface area contributed by atoms with E-state index >= 15 is 0 Å². The Morgan fingerprint density at radius 1 is 1.36 bits per heavy atom. The third-order valence-electron chi connectivity index (χ3n) is 2.94. The lowest BCUT2D eigenvalue weighted by atomic mass is 10.2. The predicted molar refractivity (Wildman–Crippen MR) is 85.3 cm³/mol. The molecule has 1 heterocycles. The molecule has 0 saturated carbocycles. The Kier molecular flexibility index (Phi) is 5.16. The molecule has 7 heteroatoms. The van der Waals surface area contributed by atoms with Gasteiger partial charge in [-0.1, -0.05) is 29.3 Å². The minimum atomic E-state index is -0.619. The highest BCUT2D eigenvalue weighted by molar-refractivity contribution is 6.29. The van der Waals surface area contributed by atoms with E-state index in [9.17, 15) is 4.79 Å². The maximum absolute atomic E-state index is 11.4. The number of ether oxygens (including phenoxy) is 1. The van der Waals surface area contributed by atoms with Gasteiger partial charge in [0.25, 0.3) is 5.91 Å². The van der Waals surface area contributed by atoms with Crippen molar-refractivity contribution in [1.82, 2.24) is 10.2 Å². The Morgan fingerprint density at radius 2 is 2.05 bits per heavy atom. The van der Waals surface area contributed by atoms with E-state index in [0.717, 1.165) is 5.75 Å². The second-order valence-corrected chi connectivity index (χ2v) is 5.30. The quantitative estimate of drug-likeness (QED) is 0.853. The zero-order chi connectivity index (χ0) is 16.1. The first-order valence-electron chi connectivity index (χ1n) is 6.76. The molecule has 1 amide bonds. The van der Waals surface area contributed by atoms with E-state index in [1.807, 2.05) is 38.1 Å². The first kappa shape index (κ1) is 16.0. The fourth-order valence-corrected chi connectivity index (χ4v) is 1.96. The highest BCUT2D eigenvalue weighted by Crippen LogP contribution is 2.16. The van der Waals surface area contributed by atoms with Crippen molar-refractivity contribution in [3.8, 4) is 5.75 Å². The van der Waals surface area contributed by atoms with Crippen molar-refractivity contribution >= 4 is 23.3 Å². The zero-order valence-electron chi connectivity index (χ0n) is 12.3. The number of anilines is 1. The number of rotatable bonds is 6. The van der Waals surface area contributed by atoms with Crippen molar-refractivity contribution < 1.29 is 9.53 Å². The van der Waals surface area contributed by atoms with E-state index in [1.54, 1.807) is 0 Å². The summed E-state index contributed by atoms with van der Waals surface area (Å²) in [5.74, 6) is 0.444. The summed E-state index contributed by atoms with van der Waals surface area (Å²) in [5.41, 5.74) is 6.66. The maximum Gasteiger partial charge on any atom is 0.252 e. The van der Waals surface area contributed by atoms with E-state index in [-0.39, 0.29) is 22.6 Å². The van der Waals surface area contributed by atoms with Gasteiger partial charge in [0.1, 0.15) is 11.9 Å². The monoisotopic (exact) mass is 320 g/mol. The number of nitrogens with one attached hydrogen (secondary N) is 1. The maximum atomic E-state index is 11.4. The number of primary amides is 1. The molecule has 0 aliphatic carbocycles. The van der Waals surface area contributed by atoms with Gasteiger partial charge in [-0.3, -0.25) is 4.79 Å². The molecular weight excluding hydrogens is 304 g/mol. The lowest BCUT2D eigenvalue weighted by molar-refractivity contribution is 0.100. The molecule has 0 bridgehead atoms. The Labute approximate surface area is 133 Å². The molecule has 0 spiro atoms. The van der Waals surface area contributed by atoms with Crippen LogP contribution in [-0.2, 0) is 0 Å². The number of carbonyl (C=O) groups is 1. The number of aryl methyl sites for hydroxylation is 1. The standard InChI is InChI=1S/C15H17ClN4O2/c1-9-3-5-11(6-4-9)22-10(2)8-18-15-12(14(17)21)7-13(16)19-20-15/h3-7,10H,8H2,1-2H3,(H2,17,21)(H,18,20). The highest BCUT2D eigenvalue weighted by atomic mass is 35.5. The minimum Gasteiger partial charge on any atom is -0.489 e. The average Bonchev–Trinajstić information content (AvgIpc) is 2.48. The molecule has 2 rings (SSSR count). The first-order chi connectivity index (χ1) is 10.5. The largest absolute Gasteiger partial charge is 0.489 e. The number of hydrogen-bond acceptors (Lipinski definition) is 5. The molecule has 116 valence electrons. The van der Waals surface area contributed by atoms with Crippen LogP contribution in [0, 0.1) is 6.92 Å². The van der Waals surface area contributed by atoms with Gasteiger partial charge in [0.05, 0.1) is 12.1 Å². The third-order valence-corrected chi connectivity index (χ3v) is 3.13. The summed E-state index contributed by atoms with van der Waals surface area (Å²) in [6.07, 6.45) is -0.138. The van der Waals surface area contributed by atoms with Gasteiger partial charge in [-0.05, 0) is 32.0 Å². The molecule has 0 aliphatic rings. The number of nitrogens with zero attached hydrogens (tertiary/aromatic N) is 2. The number of aromatic nitrogens is 2. The van der Waals surface area contributed by atoms with Gasteiger partial charge < -0.3 is 15.8 Å². The number of amides is 1. The molecule has 2 aromatic rings. The summed E-state index contributed by atoms with van der Waals surface area (Å²) < 4.78 is 5.76. The summed E-state index contributed by atoms with van der Waals surface area (Å²) in [5, 5.41) is 10.6.